The van der Waals surface area contributed by atoms with E-state index in [0.29, 0.717) is 19.0 Å². The molecule has 1 saturated heterocycles. The minimum atomic E-state index is -0.217. The fourth-order valence-electron chi connectivity index (χ4n) is 3.94. The Labute approximate surface area is 138 Å². The molecule has 4 heteroatoms. The molecule has 4 nitrogen and oxygen atoms in total. The van der Waals surface area contributed by atoms with Crippen LogP contribution < -0.4 is 5.32 Å². The molecule has 124 valence electrons. The molecular formula is C19H26N2O2. The number of nitrogens with zero attached hydrogens (tertiary/aromatic N) is 1. The molecule has 1 atom stereocenters. The summed E-state index contributed by atoms with van der Waals surface area (Å²) in [7, 11) is 0. The number of aryl methyl sites for hydroxylation is 2. The predicted molar refractivity (Wildman–Crippen MR) is 91.2 cm³/mol. The maximum absolute atomic E-state index is 12.5. The summed E-state index contributed by atoms with van der Waals surface area (Å²) >= 11 is 0. The fourth-order valence-corrected chi connectivity index (χ4v) is 3.94. The summed E-state index contributed by atoms with van der Waals surface area (Å²) in [4.78, 5) is 26.8. The number of nitrogens with one attached hydrogen (secondary N) is 1. The number of anilines is 1. The third kappa shape index (κ3) is 3.74. The van der Waals surface area contributed by atoms with Crippen LogP contribution in [0.5, 0.6) is 0 Å². The summed E-state index contributed by atoms with van der Waals surface area (Å²) in [6, 6.07) is 6.39. The molecule has 1 aliphatic carbocycles. The van der Waals surface area contributed by atoms with Gasteiger partial charge in [-0.2, -0.15) is 0 Å². The molecule has 1 N–H and O–H groups in total. The molecule has 0 radical (unpaired) electrons. The first-order valence-electron chi connectivity index (χ1n) is 8.71. The molecule has 3 rings (SSSR count). The number of rotatable bonds is 3. The third-order valence-corrected chi connectivity index (χ3v) is 5.03. The molecule has 1 aliphatic heterocycles. The third-order valence-electron chi connectivity index (χ3n) is 5.03. The Bertz CT molecular complexity index is 585. The van der Waals surface area contributed by atoms with Crippen molar-refractivity contribution >= 4 is 17.5 Å². The van der Waals surface area contributed by atoms with Crippen molar-refractivity contribution in [2.24, 2.45) is 5.92 Å². The van der Waals surface area contributed by atoms with E-state index in [9.17, 15) is 9.59 Å². The molecule has 23 heavy (non-hydrogen) atoms. The smallest absolute Gasteiger partial charge is 0.229 e. The lowest BCUT2D eigenvalue weighted by atomic mass is 9.94. The Hall–Kier alpha value is -1.84. The first-order valence-corrected chi connectivity index (χ1v) is 8.71. The molecule has 2 aliphatic rings. The molecule has 2 amide bonds. The van der Waals surface area contributed by atoms with Crippen molar-refractivity contribution in [1.82, 2.24) is 4.90 Å². The number of hydrogen-bond donors (Lipinski definition) is 1. The number of carbonyl (C=O) groups is 2. The highest BCUT2D eigenvalue weighted by molar-refractivity contribution is 5.97. The minimum Gasteiger partial charge on any atom is -0.339 e. The van der Waals surface area contributed by atoms with Crippen molar-refractivity contribution in [1.29, 1.82) is 0 Å². The Balaban J connectivity index is 1.63. The summed E-state index contributed by atoms with van der Waals surface area (Å²) in [5.74, 6) is -0.0932. The van der Waals surface area contributed by atoms with E-state index in [0.717, 1.165) is 29.7 Å². The first kappa shape index (κ1) is 16.0. The van der Waals surface area contributed by atoms with Gasteiger partial charge < -0.3 is 10.2 Å². The van der Waals surface area contributed by atoms with E-state index in [1.807, 2.05) is 30.9 Å². The van der Waals surface area contributed by atoms with Crippen molar-refractivity contribution in [3.05, 3.63) is 29.3 Å². The molecule has 1 heterocycles. The van der Waals surface area contributed by atoms with Gasteiger partial charge in [-0.1, -0.05) is 25.3 Å². The molecule has 2 fully saturated rings. The van der Waals surface area contributed by atoms with E-state index in [1.165, 1.54) is 19.3 Å². The van der Waals surface area contributed by atoms with Gasteiger partial charge in [0.25, 0.3) is 0 Å². The van der Waals surface area contributed by atoms with Gasteiger partial charge in [0.1, 0.15) is 0 Å². The van der Waals surface area contributed by atoms with Gasteiger partial charge in [-0.25, -0.2) is 0 Å². The highest BCUT2D eigenvalue weighted by atomic mass is 16.2. The van der Waals surface area contributed by atoms with Gasteiger partial charge in [-0.3, -0.25) is 9.59 Å². The van der Waals surface area contributed by atoms with E-state index in [2.05, 4.69) is 11.4 Å². The van der Waals surface area contributed by atoms with E-state index >= 15 is 0 Å². The summed E-state index contributed by atoms with van der Waals surface area (Å²) < 4.78 is 0. The highest BCUT2D eigenvalue weighted by Gasteiger charge is 2.38. The van der Waals surface area contributed by atoms with Gasteiger partial charge in [0, 0.05) is 24.7 Å². The van der Waals surface area contributed by atoms with Crippen LogP contribution in [0.3, 0.4) is 0 Å². The van der Waals surface area contributed by atoms with Crippen LogP contribution in [0, 0.1) is 19.8 Å². The number of benzene rings is 1. The zero-order chi connectivity index (χ0) is 16.4. The monoisotopic (exact) mass is 314 g/mol. The van der Waals surface area contributed by atoms with Crippen LogP contribution >= 0.6 is 0 Å². The molecule has 0 unspecified atom stereocenters. The van der Waals surface area contributed by atoms with Crippen LogP contribution in [0.25, 0.3) is 0 Å². The second-order valence-corrected chi connectivity index (χ2v) is 7.10. The zero-order valence-electron chi connectivity index (χ0n) is 14.1. The van der Waals surface area contributed by atoms with Crippen LogP contribution in [0.4, 0.5) is 5.69 Å². The van der Waals surface area contributed by atoms with E-state index in [4.69, 9.17) is 0 Å². The van der Waals surface area contributed by atoms with E-state index in [1.54, 1.807) is 0 Å². The molecule has 1 aromatic carbocycles. The maximum atomic E-state index is 12.5. The number of likely N-dealkylation sites (tertiary alicyclic amines) is 1. The predicted octanol–water partition coefficient (Wildman–Crippen LogP) is 3.42. The Kier molecular flexibility index (Phi) is 4.69. The second kappa shape index (κ2) is 6.73. The van der Waals surface area contributed by atoms with Gasteiger partial charge in [0.05, 0.1) is 5.92 Å². The standard InChI is InChI=1S/C19H26N2O2/c1-13-8-14(2)10-16(9-13)20-19(23)15-11-18(22)21(12-15)17-6-4-3-5-7-17/h8-10,15,17H,3-7,11-12H2,1-2H3,(H,20,23)/t15-/m0/s1. The van der Waals surface area contributed by atoms with Crippen LogP contribution in [0.2, 0.25) is 0 Å². The quantitative estimate of drug-likeness (QED) is 0.929. The number of carbonyl (C=O) groups excluding carboxylic acids is 2. The van der Waals surface area contributed by atoms with Crippen LogP contribution in [-0.4, -0.2) is 29.3 Å². The van der Waals surface area contributed by atoms with Gasteiger partial charge >= 0.3 is 0 Å². The lowest BCUT2D eigenvalue weighted by molar-refractivity contribution is -0.130. The van der Waals surface area contributed by atoms with Gasteiger partial charge in [0.15, 0.2) is 0 Å². The minimum absolute atomic E-state index is 0.0262. The molecule has 0 spiro atoms. The zero-order valence-corrected chi connectivity index (χ0v) is 14.1. The average Bonchev–Trinajstić information content (AvgIpc) is 2.89. The summed E-state index contributed by atoms with van der Waals surface area (Å²) in [6.07, 6.45) is 6.22. The first-order chi connectivity index (χ1) is 11.0. The molecular weight excluding hydrogens is 288 g/mol. The van der Waals surface area contributed by atoms with Crippen molar-refractivity contribution in [3.63, 3.8) is 0 Å². The molecule has 0 aromatic heterocycles. The fraction of sp³-hybridized carbons (Fsp3) is 0.579. The Morgan fingerprint density at radius 3 is 2.39 bits per heavy atom. The van der Waals surface area contributed by atoms with Gasteiger partial charge in [0.2, 0.25) is 11.8 Å². The van der Waals surface area contributed by atoms with Gasteiger partial charge in [-0.15, -0.1) is 0 Å². The van der Waals surface area contributed by atoms with Crippen LogP contribution in [0.1, 0.15) is 49.7 Å². The lowest BCUT2D eigenvalue weighted by Gasteiger charge is -2.31. The Morgan fingerprint density at radius 2 is 1.74 bits per heavy atom. The lowest BCUT2D eigenvalue weighted by Crippen LogP contribution is -2.38. The highest BCUT2D eigenvalue weighted by Crippen LogP contribution is 2.29. The largest absolute Gasteiger partial charge is 0.339 e. The number of amides is 2. The van der Waals surface area contributed by atoms with Crippen molar-refractivity contribution in [2.45, 2.75) is 58.4 Å². The maximum Gasteiger partial charge on any atom is 0.229 e. The topological polar surface area (TPSA) is 49.4 Å². The number of hydrogen-bond acceptors (Lipinski definition) is 2. The van der Waals surface area contributed by atoms with E-state index < -0.39 is 0 Å². The Morgan fingerprint density at radius 1 is 1.09 bits per heavy atom. The normalized spacial score (nSPS) is 22.4. The second-order valence-electron chi connectivity index (χ2n) is 7.10. The van der Waals surface area contributed by atoms with E-state index in [-0.39, 0.29) is 17.7 Å². The molecule has 0 bridgehead atoms. The van der Waals surface area contributed by atoms with Crippen molar-refractivity contribution in [2.75, 3.05) is 11.9 Å². The summed E-state index contributed by atoms with van der Waals surface area (Å²) in [5, 5.41) is 2.99. The average molecular weight is 314 g/mol. The molecule has 1 aromatic rings. The van der Waals surface area contributed by atoms with Gasteiger partial charge in [-0.05, 0) is 49.9 Å². The summed E-state index contributed by atoms with van der Waals surface area (Å²) in [5.41, 5.74) is 3.09. The van der Waals surface area contributed by atoms with Crippen molar-refractivity contribution < 1.29 is 9.59 Å². The SMILES string of the molecule is Cc1cc(C)cc(NC(=O)[C@H]2CC(=O)N(C3CCCCC3)C2)c1. The van der Waals surface area contributed by atoms with Crippen LogP contribution in [-0.2, 0) is 9.59 Å². The molecule has 1 saturated carbocycles. The van der Waals surface area contributed by atoms with Crippen molar-refractivity contribution in [3.8, 4) is 0 Å². The van der Waals surface area contributed by atoms with Crippen LogP contribution in [0.15, 0.2) is 18.2 Å². The summed E-state index contributed by atoms with van der Waals surface area (Å²) in [6.45, 7) is 4.62.